The first-order chi connectivity index (χ1) is 9.76. The molecule has 20 heavy (non-hydrogen) atoms. The third-order valence-electron chi connectivity index (χ3n) is 3.13. The van der Waals surface area contributed by atoms with E-state index in [0.29, 0.717) is 0 Å². The van der Waals surface area contributed by atoms with E-state index < -0.39 is 0 Å². The molecule has 108 valence electrons. The van der Waals surface area contributed by atoms with Gasteiger partial charge in [0.15, 0.2) is 0 Å². The Bertz CT molecular complexity index is 554. The fourth-order valence-corrected chi connectivity index (χ4v) is 2.53. The molecule has 2 aromatic rings. The first kappa shape index (κ1) is 15.1. The van der Waals surface area contributed by atoms with E-state index in [-0.39, 0.29) is 0 Å². The van der Waals surface area contributed by atoms with E-state index in [1.165, 1.54) is 11.3 Å². The summed E-state index contributed by atoms with van der Waals surface area (Å²) in [4.78, 5) is 4.39. The van der Waals surface area contributed by atoms with Crippen LogP contribution in [-0.4, -0.2) is 29.8 Å². The number of benzene rings is 1. The van der Waals surface area contributed by atoms with Crippen LogP contribution in [-0.2, 0) is 11.2 Å². The van der Waals surface area contributed by atoms with Crippen molar-refractivity contribution in [2.45, 2.75) is 19.8 Å². The van der Waals surface area contributed by atoms with Gasteiger partial charge in [-0.1, -0.05) is 22.9 Å². The zero-order valence-corrected chi connectivity index (χ0v) is 13.5. The first-order valence-electron chi connectivity index (χ1n) is 6.81. The molecular weight excluding hydrogens is 318 g/mol. The minimum Gasteiger partial charge on any atom is -0.385 e. The van der Waals surface area contributed by atoms with Crippen LogP contribution in [0.5, 0.6) is 0 Å². The van der Waals surface area contributed by atoms with E-state index in [4.69, 9.17) is 4.74 Å². The van der Waals surface area contributed by atoms with Crippen molar-refractivity contribution >= 4 is 21.9 Å². The molecule has 0 aliphatic heterocycles. The summed E-state index contributed by atoms with van der Waals surface area (Å²) in [6, 6.07) is 6.33. The largest absolute Gasteiger partial charge is 0.385 e. The fourth-order valence-electron chi connectivity index (χ4n) is 2.12. The molecule has 0 fully saturated rings. The number of anilines is 1. The predicted molar refractivity (Wildman–Crippen MR) is 85.6 cm³/mol. The van der Waals surface area contributed by atoms with Gasteiger partial charge < -0.3 is 10.1 Å². The molecule has 1 aromatic heterocycles. The van der Waals surface area contributed by atoms with E-state index >= 15 is 0 Å². The average Bonchev–Trinajstić information content (AvgIpc) is 2.91. The number of aromatic nitrogens is 2. The lowest BCUT2D eigenvalue weighted by molar-refractivity contribution is 0.197. The number of ether oxygens (including phenoxy) is 1. The third-order valence-corrected chi connectivity index (χ3v) is 3.62. The number of methoxy groups -OCH3 is 1. The summed E-state index contributed by atoms with van der Waals surface area (Å²) in [7, 11) is 1.72. The van der Waals surface area contributed by atoms with Gasteiger partial charge in [0.2, 0.25) is 5.95 Å². The molecular formula is C15H20BrN3O. The zero-order valence-electron chi connectivity index (χ0n) is 11.9. The molecule has 0 bridgehead atoms. The van der Waals surface area contributed by atoms with Crippen molar-refractivity contribution in [2.24, 2.45) is 0 Å². The van der Waals surface area contributed by atoms with E-state index in [0.717, 1.165) is 36.4 Å². The van der Waals surface area contributed by atoms with Gasteiger partial charge >= 0.3 is 0 Å². The molecule has 4 nitrogen and oxygen atoms in total. The van der Waals surface area contributed by atoms with Crippen molar-refractivity contribution in [2.75, 3.05) is 25.6 Å². The van der Waals surface area contributed by atoms with Gasteiger partial charge in [-0.05, 0) is 36.6 Å². The molecule has 5 heteroatoms. The van der Waals surface area contributed by atoms with Gasteiger partial charge in [0.1, 0.15) is 0 Å². The van der Waals surface area contributed by atoms with Crippen LogP contribution in [0.2, 0.25) is 0 Å². The summed E-state index contributed by atoms with van der Waals surface area (Å²) in [5, 5.41) is 3.35. The maximum Gasteiger partial charge on any atom is 0.207 e. The molecule has 0 aliphatic rings. The molecule has 0 saturated carbocycles. The summed E-state index contributed by atoms with van der Waals surface area (Å²) in [5.41, 5.74) is 2.46. The molecule has 1 heterocycles. The van der Waals surface area contributed by atoms with Crippen LogP contribution >= 0.6 is 15.9 Å². The quantitative estimate of drug-likeness (QED) is 0.784. The number of hydrogen-bond donors (Lipinski definition) is 1. The van der Waals surface area contributed by atoms with Crippen LogP contribution in [0.1, 0.15) is 18.9 Å². The number of imidazole rings is 1. The Labute approximate surface area is 128 Å². The first-order valence-corrected chi connectivity index (χ1v) is 7.60. The van der Waals surface area contributed by atoms with Crippen molar-refractivity contribution in [3.05, 3.63) is 40.6 Å². The second-order valence-corrected chi connectivity index (χ2v) is 5.44. The number of hydrogen-bond acceptors (Lipinski definition) is 3. The summed E-state index contributed by atoms with van der Waals surface area (Å²) in [6.45, 7) is 3.77. The summed E-state index contributed by atoms with van der Waals surface area (Å²) in [5.74, 6) is 0.873. The Balaban J connectivity index is 2.19. The number of halogens is 1. The molecule has 1 aromatic carbocycles. The molecule has 0 amide bonds. The van der Waals surface area contributed by atoms with Gasteiger partial charge in [0.05, 0.1) is 5.69 Å². The van der Waals surface area contributed by atoms with Crippen LogP contribution in [0.25, 0.3) is 5.69 Å². The van der Waals surface area contributed by atoms with E-state index in [2.05, 4.69) is 55.9 Å². The second kappa shape index (κ2) is 7.45. The van der Waals surface area contributed by atoms with Gasteiger partial charge in [0, 0.05) is 37.1 Å². The highest BCUT2D eigenvalue weighted by molar-refractivity contribution is 9.10. The van der Waals surface area contributed by atoms with Crippen molar-refractivity contribution in [3.8, 4) is 5.69 Å². The summed E-state index contributed by atoms with van der Waals surface area (Å²) >= 11 is 3.52. The minimum absolute atomic E-state index is 0.756. The Morgan fingerprint density at radius 1 is 1.40 bits per heavy atom. The lowest BCUT2D eigenvalue weighted by atomic mass is 10.1. The SMILES string of the molecule is CCc1cc(Br)ccc1-n1ccnc1NCCCOC. The van der Waals surface area contributed by atoms with Crippen molar-refractivity contribution in [1.82, 2.24) is 9.55 Å². The summed E-state index contributed by atoms with van der Waals surface area (Å²) < 4.78 is 8.25. The van der Waals surface area contributed by atoms with Gasteiger partial charge in [-0.15, -0.1) is 0 Å². The molecule has 0 unspecified atom stereocenters. The fraction of sp³-hybridized carbons (Fsp3) is 0.400. The molecule has 0 radical (unpaired) electrons. The smallest absolute Gasteiger partial charge is 0.207 e. The van der Waals surface area contributed by atoms with Gasteiger partial charge in [-0.2, -0.15) is 0 Å². The number of nitrogens with one attached hydrogen (secondary N) is 1. The highest BCUT2D eigenvalue weighted by Crippen LogP contribution is 2.23. The molecule has 2 rings (SSSR count). The molecule has 0 spiro atoms. The van der Waals surface area contributed by atoms with E-state index in [1.54, 1.807) is 7.11 Å². The van der Waals surface area contributed by atoms with Gasteiger partial charge in [-0.3, -0.25) is 4.57 Å². The lowest BCUT2D eigenvalue weighted by Crippen LogP contribution is -2.10. The van der Waals surface area contributed by atoms with E-state index in [9.17, 15) is 0 Å². The molecule has 1 N–H and O–H groups in total. The van der Waals surface area contributed by atoms with Crippen LogP contribution in [0.4, 0.5) is 5.95 Å². The topological polar surface area (TPSA) is 39.1 Å². The molecule has 0 aliphatic carbocycles. The van der Waals surface area contributed by atoms with Crippen molar-refractivity contribution < 1.29 is 4.74 Å². The standard InChI is InChI=1S/C15H20BrN3O/c1-3-12-11-13(16)5-6-14(12)19-9-8-18-15(19)17-7-4-10-20-2/h5-6,8-9,11H,3-4,7,10H2,1-2H3,(H,17,18). The predicted octanol–water partition coefficient (Wildman–Crippen LogP) is 3.65. The van der Waals surface area contributed by atoms with Crippen LogP contribution in [0.3, 0.4) is 0 Å². The Morgan fingerprint density at radius 3 is 3.00 bits per heavy atom. The number of aryl methyl sites for hydroxylation is 1. The van der Waals surface area contributed by atoms with Gasteiger partial charge in [0.25, 0.3) is 0 Å². The molecule has 0 saturated heterocycles. The highest BCUT2D eigenvalue weighted by atomic mass is 79.9. The Morgan fingerprint density at radius 2 is 2.25 bits per heavy atom. The van der Waals surface area contributed by atoms with E-state index in [1.807, 2.05) is 12.4 Å². The van der Waals surface area contributed by atoms with Crippen molar-refractivity contribution in [1.29, 1.82) is 0 Å². The van der Waals surface area contributed by atoms with Crippen LogP contribution < -0.4 is 5.32 Å². The minimum atomic E-state index is 0.756. The maximum atomic E-state index is 5.05. The Hall–Kier alpha value is -1.33. The third kappa shape index (κ3) is 3.61. The van der Waals surface area contributed by atoms with Crippen molar-refractivity contribution in [3.63, 3.8) is 0 Å². The second-order valence-electron chi connectivity index (χ2n) is 4.52. The number of rotatable bonds is 7. The number of nitrogens with zero attached hydrogens (tertiary/aromatic N) is 2. The van der Waals surface area contributed by atoms with Crippen LogP contribution in [0, 0.1) is 0 Å². The summed E-state index contributed by atoms with van der Waals surface area (Å²) in [6.07, 6.45) is 5.75. The average molecular weight is 338 g/mol. The zero-order chi connectivity index (χ0) is 14.4. The maximum absolute atomic E-state index is 5.05. The van der Waals surface area contributed by atoms with Gasteiger partial charge in [-0.25, -0.2) is 4.98 Å². The monoisotopic (exact) mass is 337 g/mol. The molecule has 0 atom stereocenters. The highest BCUT2D eigenvalue weighted by Gasteiger charge is 2.08. The Kier molecular flexibility index (Phi) is 5.61. The lowest BCUT2D eigenvalue weighted by Gasteiger charge is -2.13. The normalized spacial score (nSPS) is 10.8. The van der Waals surface area contributed by atoms with Crippen LogP contribution in [0.15, 0.2) is 35.1 Å².